The molecule has 0 fully saturated rings. The summed E-state index contributed by atoms with van der Waals surface area (Å²) in [6.07, 6.45) is 1.10. The third kappa shape index (κ3) is 5.87. The molecule has 1 unspecified atom stereocenters. The van der Waals surface area contributed by atoms with Crippen LogP contribution in [0.4, 0.5) is 5.69 Å². The second-order valence-electron chi connectivity index (χ2n) is 7.23. The van der Waals surface area contributed by atoms with Crippen molar-refractivity contribution < 1.29 is 18.0 Å². The van der Waals surface area contributed by atoms with Crippen LogP contribution in [0.1, 0.15) is 18.9 Å². The van der Waals surface area contributed by atoms with E-state index in [9.17, 15) is 18.0 Å². The Morgan fingerprint density at radius 3 is 2.47 bits per heavy atom. The highest BCUT2D eigenvalue weighted by Gasteiger charge is 2.21. The van der Waals surface area contributed by atoms with E-state index >= 15 is 0 Å². The van der Waals surface area contributed by atoms with Gasteiger partial charge in [0, 0.05) is 24.4 Å². The molecule has 0 bridgehead atoms. The Morgan fingerprint density at radius 1 is 1.13 bits per heavy atom. The van der Waals surface area contributed by atoms with E-state index in [0.29, 0.717) is 5.69 Å². The first kappa shape index (κ1) is 21.9. The molecule has 9 heteroatoms. The van der Waals surface area contributed by atoms with Crippen LogP contribution in [0.2, 0.25) is 0 Å². The Kier molecular flexibility index (Phi) is 6.52. The number of nitrogens with one attached hydrogen (secondary N) is 2. The van der Waals surface area contributed by atoms with Gasteiger partial charge in [0.1, 0.15) is 20.9 Å². The molecule has 1 heterocycles. The van der Waals surface area contributed by atoms with Gasteiger partial charge in [0.15, 0.2) is 0 Å². The van der Waals surface area contributed by atoms with Gasteiger partial charge in [-0.25, -0.2) is 13.4 Å². The fourth-order valence-electron chi connectivity index (χ4n) is 2.93. The molecule has 0 saturated heterocycles. The molecule has 3 aromatic rings. The van der Waals surface area contributed by atoms with Gasteiger partial charge in [-0.1, -0.05) is 6.07 Å². The molecule has 2 aromatic carbocycles. The summed E-state index contributed by atoms with van der Waals surface area (Å²) in [5, 5.41) is 6.12. The fourth-order valence-corrected chi connectivity index (χ4v) is 4.66. The molecule has 7 nitrogen and oxygen atoms in total. The first-order valence-electron chi connectivity index (χ1n) is 9.34. The smallest absolute Gasteiger partial charge is 0.246 e. The van der Waals surface area contributed by atoms with Crippen molar-refractivity contribution in [3.8, 4) is 10.6 Å². The van der Waals surface area contributed by atoms with Gasteiger partial charge in [-0.05, 0) is 55.3 Å². The quantitative estimate of drug-likeness (QED) is 0.581. The topological polar surface area (TPSA) is 105 Å². The van der Waals surface area contributed by atoms with Crippen LogP contribution in [0.3, 0.4) is 0 Å². The molecule has 1 atom stereocenters. The van der Waals surface area contributed by atoms with Crippen molar-refractivity contribution in [2.24, 2.45) is 0 Å². The monoisotopic (exact) mass is 445 g/mol. The zero-order chi connectivity index (χ0) is 21.9. The van der Waals surface area contributed by atoms with Crippen LogP contribution >= 0.6 is 11.3 Å². The molecule has 2 amide bonds. The summed E-state index contributed by atoms with van der Waals surface area (Å²) < 4.78 is 23.9. The third-order valence-electron chi connectivity index (χ3n) is 4.41. The second kappa shape index (κ2) is 8.93. The number of sulfone groups is 1. The number of nitrogens with zero attached hydrogens (tertiary/aromatic N) is 1. The zero-order valence-corrected chi connectivity index (χ0v) is 18.6. The summed E-state index contributed by atoms with van der Waals surface area (Å²) in [5.41, 5.74) is 3.61. The van der Waals surface area contributed by atoms with Crippen LogP contribution in [0, 0.1) is 6.92 Å². The predicted molar refractivity (Wildman–Crippen MR) is 120 cm³/mol. The maximum Gasteiger partial charge on any atom is 0.246 e. The number of benzene rings is 2. The summed E-state index contributed by atoms with van der Waals surface area (Å²) in [5.74, 6) is -1.05. The van der Waals surface area contributed by atoms with E-state index in [1.54, 1.807) is 23.5 Å². The first-order valence-corrected chi connectivity index (χ1v) is 12.2. The van der Waals surface area contributed by atoms with Gasteiger partial charge in [0.2, 0.25) is 11.8 Å². The molecular formula is C21H23N3O4S2. The lowest BCUT2D eigenvalue weighted by molar-refractivity contribution is -0.125. The summed E-state index contributed by atoms with van der Waals surface area (Å²) in [4.78, 5) is 28.6. The summed E-state index contributed by atoms with van der Waals surface area (Å²) in [6.45, 7) is 3.33. The standard InChI is InChI=1S/C21H23N3O4S2/c1-13-4-9-17-19(12-13)29-21(24-17)15-5-7-16(8-6-15)23-20(26)18(22-14(2)25)10-11-30(3,27)28/h4-9,12,18H,10-11H2,1-3H3,(H,22,25)(H,23,26). The van der Waals surface area contributed by atoms with Crippen LogP contribution in [0.15, 0.2) is 42.5 Å². The van der Waals surface area contributed by atoms with E-state index in [4.69, 9.17) is 0 Å². The van der Waals surface area contributed by atoms with Crippen molar-refractivity contribution in [2.45, 2.75) is 26.3 Å². The van der Waals surface area contributed by atoms with Crippen molar-refractivity contribution in [3.63, 3.8) is 0 Å². The van der Waals surface area contributed by atoms with Crippen LogP contribution in [0.5, 0.6) is 0 Å². The molecule has 2 N–H and O–H groups in total. The number of carbonyl (C=O) groups excluding carboxylic acids is 2. The van der Waals surface area contributed by atoms with E-state index in [-0.39, 0.29) is 12.2 Å². The van der Waals surface area contributed by atoms with E-state index < -0.39 is 27.7 Å². The normalized spacial score (nSPS) is 12.5. The Labute approximate surface area is 179 Å². The molecule has 0 aliphatic carbocycles. The predicted octanol–water partition coefficient (Wildman–Crippen LogP) is 3.15. The van der Waals surface area contributed by atoms with E-state index in [1.807, 2.05) is 31.2 Å². The molecule has 0 aliphatic heterocycles. The van der Waals surface area contributed by atoms with Crippen LogP contribution in [-0.2, 0) is 19.4 Å². The van der Waals surface area contributed by atoms with Gasteiger partial charge in [-0.2, -0.15) is 0 Å². The molecule has 158 valence electrons. The highest BCUT2D eigenvalue weighted by Crippen LogP contribution is 2.31. The minimum Gasteiger partial charge on any atom is -0.345 e. The molecule has 0 saturated carbocycles. The van der Waals surface area contributed by atoms with Gasteiger partial charge in [0.25, 0.3) is 0 Å². The minimum absolute atomic E-state index is 0.00739. The van der Waals surface area contributed by atoms with Crippen LogP contribution in [0.25, 0.3) is 20.8 Å². The maximum absolute atomic E-state index is 12.5. The maximum atomic E-state index is 12.5. The first-order chi connectivity index (χ1) is 14.1. The SMILES string of the molecule is CC(=O)NC(CCS(C)(=O)=O)C(=O)Nc1ccc(-c2nc3ccc(C)cc3s2)cc1. The Balaban J connectivity index is 1.72. The molecule has 1 aromatic heterocycles. The number of amides is 2. The van der Waals surface area contributed by atoms with Crippen LogP contribution < -0.4 is 10.6 Å². The zero-order valence-electron chi connectivity index (χ0n) is 16.9. The Bertz CT molecular complexity index is 1180. The summed E-state index contributed by atoms with van der Waals surface area (Å²) >= 11 is 1.60. The molecule has 3 rings (SSSR count). The summed E-state index contributed by atoms with van der Waals surface area (Å²) in [7, 11) is -3.25. The lowest BCUT2D eigenvalue weighted by atomic mass is 10.1. The van der Waals surface area contributed by atoms with Crippen molar-refractivity contribution in [2.75, 3.05) is 17.3 Å². The third-order valence-corrected chi connectivity index (χ3v) is 6.46. The fraction of sp³-hybridized carbons (Fsp3) is 0.286. The van der Waals surface area contributed by atoms with E-state index in [2.05, 4.69) is 21.7 Å². The largest absolute Gasteiger partial charge is 0.345 e. The van der Waals surface area contributed by atoms with Gasteiger partial charge in [-0.3, -0.25) is 9.59 Å². The highest BCUT2D eigenvalue weighted by atomic mass is 32.2. The highest BCUT2D eigenvalue weighted by molar-refractivity contribution is 7.90. The number of thiazole rings is 1. The molecule has 0 spiro atoms. The Morgan fingerprint density at radius 2 is 1.83 bits per heavy atom. The van der Waals surface area contributed by atoms with Crippen molar-refractivity contribution >= 4 is 48.9 Å². The Hall–Kier alpha value is -2.78. The number of aromatic nitrogens is 1. The number of fused-ring (bicyclic) bond motifs is 1. The average molecular weight is 446 g/mol. The number of anilines is 1. The van der Waals surface area contributed by atoms with Crippen molar-refractivity contribution in [3.05, 3.63) is 48.0 Å². The van der Waals surface area contributed by atoms with Crippen molar-refractivity contribution in [1.29, 1.82) is 0 Å². The van der Waals surface area contributed by atoms with E-state index in [1.165, 1.54) is 12.5 Å². The number of hydrogen-bond acceptors (Lipinski definition) is 6. The number of rotatable bonds is 7. The molecular weight excluding hydrogens is 422 g/mol. The number of aryl methyl sites for hydroxylation is 1. The lowest BCUT2D eigenvalue weighted by Gasteiger charge is -2.17. The summed E-state index contributed by atoms with van der Waals surface area (Å²) in [6, 6.07) is 12.4. The second-order valence-corrected chi connectivity index (χ2v) is 10.5. The van der Waals surface area contributed by atoms with Gasteiger partial charge in [-0.15, -0.1) is 11.3 Å². The van der Waals surface area contributed by atoms with Gasteiger partial charge >= 0.3 is 0 Å². The molecule has 0 aliphatic rings. The van der Waals surface area contributed by atoms with Crippen LogP contribution in [-0.4, -0.2) is 43.3 Å². The van der Waals surface area contributed by atoms with Gasteiger partial charge < -0.3 is 10.6 Å². The van der Waals surface area contributed by atoms with E-state index in [0.717, 1.165) is 27.0 Å². The lowest BCUT2D eigenvalue weighted by Crippen LogP contribution is -2.43. The van der Waals surface area contributed by atoms with Crippen molar-refractivity contribution in [1.82, 2.24) is 10.3 Å². The van der Waals surface area contributed by atoms with Gasteiger partial charge in [0.05, 0.1) is 16.0 Å². The molecule has 30 heavy (non-hydrogen) atoms. The minimum atomic E-state index is -3.25. The average Bonchev–Trinajstić information content (AvgIpc) is 3.07. The number of carbonyl (C=O) groups is 2. The molecule has 0 radical (unpaired) electrons. The number of hydrogen-bond donors (Lipinski definition) is 2.